The summed E-state index contributed by atoms with van der Waals surface area (Å²) in [6, 6.07) is 3.96. The lowest BCUT2D eigenvalue weighted by atomic mass is 10.2. The Hall–Kier alpha value is -2.12. The van der Waals surface area contributed by atoms with Gasteiger partial charge in [-0.2, -0.15) is 0 Å². The Kier molecular flexibility index (Phi) is 3.17. The first-order chi connectivity index (χ1) is 8.78. The fraction of sp³-hybridized carbons (Fsp3) is 0.182. The zero-order valence-electron chi connectivity index (χ0n) is 9.09. The first-order valence-corrected chi connectivity index (χ1v) is 4.98. The fourth-order valence-electron chi connectivity index (χ4n) is 1.59. The van der Waals surface area contributed by atoms with Crippen LogP contribution in [0.2, 0.25) is 0 Å². The highest BCUT2D eigenvalue weighted by Gasteiger charge is 2.32. The van der Waals surface area contributed by atoms with Crippen LogP contribution in [-0.2, 0) is 0 Å². The Morgan fingerprint density at radius 2 is 1.89 bits per heavy atom. The van der Waals surface area contributed by atoms with Gasteiger partial charge in [0, 0.05) is 11.5 Å². The van der Waals surface area contributed by atoms with Crippen LogP contribution in [0.15, 0.2) is 29.1 Å². The minimum absolute atomic E-state index is 0.161. The SMILES string of the molecule is O=c1cc(C(F)F)[nH]c2c(OC(F)(F)F)cccc12. The molecule has 0 saturated carbocycles. The first kappa shape index (κ1) is 13.3. The second-order valence-electron chi connectivity index (χ2n) is 3.62. The van der Waals surface area contributed by atoms with Gasteiger partial charge in [-0.1, -0.05) is 6.07 Å². The van der Waals surface area contributed by atoms with Crippen LogP contribution in [-0.4, -0.2) is 11.3 Å². The molecule has 1 heterocycles. The number of halogens is 5. The van der Waals surface area contributed by atoms with Crippen LogP contribution in [0, 0.1) is 0 Å². The summed E-state index contributed by atoms with van der Waals surface area (Å²) in [7, 11) is 0. The molecule has 0 unspecified atom stereocenters. The van der Waals surface area contributed by atoms with Crippen LogP contribution in [0.3, 0.4) is 0 Å². The zero-order chi connectivity index (χ0) is 14.2. The third kappa shape index (κ3) is 2.83. The third-order valence-electron chi connectivity index (χ3n) is 2.31. The predicted molar refractivity (Wildman–Crippen MR) is 56.2 cm³/mol. The van der Waals surface area contributed by atoms with Crippen molar-refractivity contribution in [3.05, 3.63) is 40.2 Å². The van der Waals surface area contributed by atoms with Crippen LogP contribution in [0.1, 0.15) is 12.1 Å². The van der Waals surface area contributed by atoms with E-state index in [0.717, 1.165) is 6.07 Å². The van der Waals surface area contributed by atoms with Crippen LogP contribution in [0.4, 0.5) is 22.0 Å². The second-order valence-corrected chi connectivity index (χ2v) is 3.62. The van der Waals surface area contributed by atoms with Gasteiger partial charge in [0.2, 0.25) is 0 Å². The number of benzene rings is 1. The van der Waals surface area contributed by atoms with Crippen molar-refractivity contribution in [2.45, 2.75) is 12.8 Å². The Bertz CT molecular complexity index is 662. The maximum atomic E-state index is 12.5. The van der Waals surface area contributed by atoms with E-state index in [0.29, 0.717) is 6.07 Å². The number of aromatic nitrogens is 1. The quantitative estimate of drug-likeness (QED) is 0.856. The highest BCUT2D eigenvalue weighted by atomic mass is 19.4. The molecule has 0 aliphatic rings. The molecule has 0 aliphatic carbocycles. The Labute approximate surface area is 102 Å². The number of ether oxygens (including phenoxy) is 1. The zero-order valence-corrected chi connectivity index (χ0v) is 9.09. The van der Waals surface area contributed by atoms with E-state index in [-0.39, 0.29) is 5.39 Å². The van der Waals surface area contributed by atoms with E-state index in [1.165, 1.54) is 12.1 Å². The van der Waals surface area contributed by atoms with Crippen LogP contribution < -0.4 is 10.2 Å². The van der Waals surface area contributed by atoms with Crippen molar-refractivity contribution in [2.24, 2.45) is 0 Å². The number of hydrogen-bond acceptors (Lipinski definition) is 2. The molecule has 0 amide bonds. The van der Waals surface area contributed by atoms with Crippen molar-refractivity contribution >= 4 is 10.9 Å². The summed E-state index contributed by atoms with van der Waals surface area (Å²) in [6.07, 6.45) is -7.98. The average Bonchev–Trinajstić information content (AvgIpc) is 2.27. The molecule has 3 nitrogen and oxygen atoms in total. The average molecular weight is 279 g/mol. The smallest absolute Gasteiger partial charge is 0.404 e. The summed E-state index contributed by atoms with van der Waals surface area (Å²) >= 11 is 0. The number of pyridine rings is 1. The summed E-state index contributed by atoms with van der Waals surface area (Å²) < 4.78 is 65.2. The van der Waals surface area contributed by atoms with Gasteiger partial charge >= 0.3 is 6.36 Å². The molecule has 8 heteroatoms. The molecule has 2 rings (SSSR count). The summed E-state index contributed by atoms with van der Waals surface area (Å²) in [5.41, 5.74) is -1.99. The lowest BCUT2D eigenvalue weighted by Gasteiger charge is -2.11. The number of nitrogens with one attached hydrogen (secondary N) is 1. The monoisotopic (exact) mass is 279 g/mol. The van der Waals surface area contributed by atoms with Crippen molar-refractivity contribution in [1.82, 2.24) is 4.98 Å². The van der Waals surface area contributed by atoms with E-state index < -0.39 is 35.2 Å². The van der Waals surface area contributed by atoms with Crippen molar-refractivity contribution in [1.29, 1.82) is 0 Å². The van der Waals surface area contributed by atoms with E-state index in [2.05, 4.69) is 9.72 Å². The highest BCUT2D eigenvalue weighted by Crippen LogP contribution is 2.29. The van der Waals surface area contributed by atoms with Crippen molar-refractivity contribution < 1.29 is 26.7 Å². The summed E-state index contributed by atoms with van der Waals surface area (Å²) in [5, 5.41) is -0.161. The molecule has 0 fully saturated rings. The van der Waals surface area contributed by atoms with Gasteiger partial charge in [0.15, 0.2) is 11.2 Å². The number of para-hydroxylation sites is 1. The maximum absolute atomic E-state index is 12.5. The molecule has 0 atom stereocenters. The normalized spacial score (nSPS) is 12.1. The van der Waals surface area contributed by atoms with Crippen LogP contribution in [0.5, 0.6) is 5.75 Å². The summed E-state index contributed by atoms with van der Waals surface area (Å²) in [4.78, 5) is 13.6. The highest BCUT2D eigenvalue weighted by molar-refractivity contribution is 5.84. The van der Waals surface area contributed by atoms with Gasteiger partial charge < -0.3 is 9.72 Å². The summed E-state index contributed by atoms with van der Waals surface area (Å²) in [5.74, 6) is -0.732. The van der Waals surface area contributed by atoms with Gasteiger partial charge in [-0.05, 0) is 12.1 Å². The topological polar surface area (TPSA) is 42.1 Å². The van der Waals surface area contributed by atoms with Crippen LogP contribution in [0.25, 0.3) is 10.9 Å². The number of rotatable bonds is 2. The number of hydrogen-bond donors (Lipinski definition) is 1. The van der Waals surface area contributed by atoms with Crippen molar-refractivity contribution in [3.63, 3.8) is 0 Å². The fourth-order valence-corrected chi connectivity index (χ4v) is 1.59. The number of aromatic amines is 1. The Balaban J connectivity index is 2.69. The van der Waals surface area contributed by atoms with E-state index in [1.807, 2.05) is 0 Å². The molecule has 0 bridgehead atoms. The lowest BCUT2D eigenvalue weighted by molar-refractivity contribution is -0.274. The third-order valence-corrected chi connectivity index (χ3v) is 2.31. The molecule has 1 N–H and O–H groups in total. The minimum atomic E-state index is -4.98. The number of fused-ring (bicyclic) bond motifs is 1. The van der Waals surface area contributed by atoms with E-state index >= 15 is 0 Å². The molecule has 0 aliphatic heterocycles. The molecule has 102 valence electrons. The lowest BCUT2D eigenvalue weighted by Crippen LogP contribution is -2.18. The van der Waals surface area contributed by atoms with Crippen LogP contribution >= 0.6 is 0 Å². The minimum Gasteiger partial charge on any atom is -0.404 e. The van der Waals surface area contributed by atoms with E-state index in [1.54, 1.807) is 0 Å². The Morgan fingerprint density at radius 1 is 1.21 bits per heavy atom. The van der Waals surface area contributed by atoms with E-state index in [4.69, 9.17) is 0 Å². The molecule has 0 spiro atoms. The molecule has 1 aromatic heterocycles. The number of alkyl halides is 5. The van der Waals surface area contributed by atoms with Crippen molar-refractivity contribution in [2.75, 3.05) is 0 Å². The molecular weight excluding hydrogens is 273 g/mol. The summed E-state index contributed by atoms with van der Waals surface area (Å²) in [6.45, 7) is 0. The molecular formula is C11H6F5NO2. The predicted octanol–water partition coefficient (Wildman–Crippen LogP) is 3.36. The number of H-pyrrole nitrogens is 1. The van der Waals surface area contributed by atoms with Gasteiger partial charge in [0.25, 0.3) is 6.43 Å². The van der Waals surface area contributed by atoms with Crippen molar-refractivity contribution in [3.8, 4) is 5.75 Å². The second kappa shape index (κ2) is 4.52. The molecule has 19 heavy (non-hydrogen) atoms. The van der Waals surface area contributed by atoms with Gasteiger partial charge in [-0.25, -0.2) is 8.78 Å². The van der Waals surface area contributed by atoms with Gasteiger partial charge in [0.05, 0.1) is 11.2 Å². The first-order valence-electron chi connectivity index (χ1n) is 4.98. The standard InChI is InChI=1S/C11H6F5NO2/c12-10(13)6-4-7(18)5-2-1-3-8(9(5)17-6)19-11(14,15)16/h1-4,10H,(H,17,18). The van der Waals surface area contributed by atoms with Gasteiger partial charge in [-0.3, -0.25) is 4.79 Å². The van der Waals surface area contributed by atoms with Gasteiger partial charge in [0.1, 0.15) is 0 Å². The Morgan fingerprint density at radius 3 is 2.47 bits per heavy atom. The molecule has 1 aromatic carbocycles. The van der Waals surface area contributed by atoms with E-state index in [9.17, 15) is 26.7 Å². The largest absolute Gasteiger partial charge is 0.573 e. The molecule has 0 saturated heterocycles. The molecule has 0 radical (unpaired) electrons. The molecule has 2 aromatic rings. The van der Waals surface area contributed by atoms with Gasteiger partial charge in [-0.15, -0.1) is 13.2 Å². The maximum Gasteiger partial charge on any atom is 0.573 e.